The Bertz CT molecular complexity index is 506. The van der Waals surface area contributed by atoms with Crippen molar-refractivity contribution in [2.24, 2.45) is 0 Å². The highest BCUT2D eigenvalue weighted by molar-refractivity contribution is 9.10. The molecular formula is C10H11BrN4O. The van der Waals surface area contributed by atoms with Gasteiger partial charge in [0.1, 0.15) is 4.60 Å². The second-order valence-electron chi connectivity index (χ2n) is 3.65. The Kier molecular flexibility index (Phi) is 2.53. The molecular weight excluding hydrogens is 272 g/mol. The molecule has 84 valence electrons. The van der Waals surface area contributed by atoms with E-state index in [0.29, 0.717) is 0 Å². The van der Waals surface area contributed by atoms with Gasteiger partial charge in [0.15, 0.2) is 5.65 Å². The maximum Gasteiger partial charge on any atom is 0.177 e. The van der Waals surface area contributed by atoms with Crippen LogP contribution in [0, 0.1) is 0 Å². The quantitative estimate of drug-likeness (QED) is 0.792. The molecule has 0 aromatic carbocycles. The van der Waals surface area contributed by atoms with Gasteiger partial charge in [0, 0.05) is 25.5 Å². The molecule has 0 unspecified atom stereocenters. The molecule has 1 fully saturated rings. The summed E-state index contributed by atoms with van der Waals surface area (Å²) in [5.74, 6) is 0. The van der Waals surface area contributed by atoms with E-state index in [1.54, 1.807) is 10.7 Å². The van der Waals surface area contributed by atoms with E-state index in [9.17, 15) is 0 Å². The molecule has 0 spiro atoms. The van der Waals surface area contributed by atoms with Crippen LogP contribution in [0.3, 0.4) is 0 Å². The van der Waals surface area contributed by atoms with E-state index in [4.69, 9.17) is 4.74 Å². The molecule has 3 rings (SSSR count). The fourth-order valence-corrected chi connectivity index (χ4v) is 2.29. The molecule has 0 amide bonds. The number of rotatable bonds is 1. The Labute approximate surface area is 101 Å². The first-order valence-electron chi connectivity index (χ1n) is 5.17. The number of anilines is 1. The predicted molar refractivity (Wildman–Crippen MR) is 63.7 cm³/mol. The largest absolute Gasteiger partial charge is 0.378 e. The lowest BCUT2D eigenvalue weighted by Crippen LogP contribution is -2.36. The summed E-state index contributed by atoms with van der Waals surface area (Å²) in [5, 5.41) is 4.30. The first-order valence-corrected chi connectivity index (χ1v) is 5.96. The summed E-state index contributed by atoms with van der Waals surface area (Å²) in [6.45, 7) is 3.34. The number of hydrogen-bond donors (Lipinski definition) is 0. The summed E-state index contributed by atoms with van der Waals surface area (Å²) in [6.07, 6.45) is 3.61. The van der Waals surface area contributed by atoms with Gasteiger partial charge in [0.2, 0.25) is 0 Å². The van der Waals surface area contributed by atoms with Gasteiger partial charge in [-0.3, -0.25) is 0 Å². The van der Waals surface area contributed by atoms with Gasteiger partial charge in [-0.2, -0.15) is 5.10 Å². The summed E-state index contributed by atoms with van der Waals surface area (Å²) in [6, 6.07) is 2.01. The molecule has 3 heterocycles. The fourth-order valence-electron chi connectivity index (χ4n) is 1.91. The van der Waals surface area contributed by atoms with Crippen LogP contribution < -0.4 is 4.90 Å². The minimum absolute atomic E-state index is 0.771. The SMILES string of the molecule is Brc1cc(N2CCOCC2)c2nccn2n1. The van der Waals surface area contributed by atoms with Gasteiger partial charge in [0.05, 0.1) is 18.9 Å². The van der Waals surface area contributed by atoms with E-state index in [1.165, 1.54) is 0 Å². The fraction of sp³-hybridized carbons (Fsp3) is 0.400. The Morgan fingerprint density at radius 1 is 1.31 bits per heavy atom. The lowest BCUT2D eigenvalue weighted by molar-refractivity contribution is 0.123. The second kappa shape index (κ2) is 4.03. The van der Waals surface area contributed by atoms with Crippen molar-refractivity contribution in [3.8, 4) is 0 Å². The normalized spacial score (nSPS) is 16.9. The van der Waals surface area contributed by atoms with Gasteiger partial charge in [-0.25, -0.2) is 9.50 Å². The number of halogens is 1. The number of imidazole rings is 1. The molecule has 0 aliphatic carbocycles. The van der Waals surface area contributed by atoms with Crippen LogP contribution >= 0.6 is 15.9 Å². The summed E-state index contributed by atoms with van der Waals surface area (Å²) in [7, 11) is 0. The number of hydrogen-bond acceptors (Lipinski definition) is 4. The number of aromatic nitrogens is 3. The van der Waals surface area contributed by atoms with Gasteiger partial charge in [-0.1, -0.05) is 0 Å². The van der Waals surface area contributed by atoms with E-state index in [0.717, 1.165) is 42.2 Å². The molecule has 5 nitrogen and oxygen atoms in total. The first kappa shape index (κ1) is 10.0. The number of fused-ring (bicyclic) bond motifs is 1. The van der Waals surface area contributed by atoms with Gasteiger partial charge in [-0.05, 0) is 22.0 Å². The zero-order valence-corrected chi connectivity index (χ0v) is 10.2. The van der Waals surface area contributed by atoms with Crippen molar-refractivity contribution in [2.75, 3.05) is 31.2 Å². The average molecular weight is 283 g/mol. The zero-order chi connectivity index (χ0) is 11.0. The predicted octanol–water partition coefficient (Wildman–Crippen LogP) is 1.33. The van der Waals surface area contributed by atoms with Crippen LogP contribution in [-0.4, -0.2) is 40.9 Å². The van der Waals surface area contributed by atoms with Crippen LogP contribution in [0.4, 0.5) is 5.69 Å². The molecule has 0 bridgehead atoms. The van der Waals surface area contributed by atoms with Crippen LogP contribution in [0.15, 0.2) is 23.1 Å². The minimum Gasteiger partial charge on any atom is -0.378 e. The van der Waals surface area contributed by atoms with Crippen LogP contribution in [0.25, 0.3) is 5.65 Å². The van der Waals surface area contributed by atoms with Crippen molar-refractivity contribution < 1.29 is 4.74 Å². The summed E-state index contributed by atoms with van der Waals surface area (Å²) < 4.78 is 7.95. The molecule has 0 radical (unpaired) electrons. The topological polar surface area (TPSA) is 42.7 Å². The van der Waals surface area contributed by atoms with Gasteiger partial charge < -0.3 is 9.64 Å². The molecule has 0 atom stereocenters. The van der Waals surface area contributed by atoms with E-state index < -0.39 is 0 Å². The van der Waals surface area contributed by atoms with Crippen LogP contribution in [0.2, 0.25) is 0 Å². The van der Waals surface area contributed by atoms with Crippen LogP contribution in [0.1, 0.15) is 0 Å². The lowest BCUT2D eigenvalue weighted by Gasteiger charge is -2.28. The van der Waals surface area contributed by atoms with Crippen LogP contribution in [-0.2, 0) is 4.74 Å². The molecule has 2 aromatic heterocycles. The molecule has 2 aromatic rings. The monoisotopic (exact) mass is 282 g/mol. The van der Waals surface area contributed by atoms with Crippen molar-refractivity contribution in [3.63, 3.8) is 0 Å². The first-order chi connectivity index (χ1) is 7.84. The highest BCUT2D eigenvalue weighted by Gasteiger charge is 2.16. The Morgan fingerprint density at radius 3 is 2.94 bits per heavy atom. The third-order valence-corrected chi connectivity index (χ3v) is 3.05. The third kappa shape index (κ3) is 1.68. The van der Waals surface area contributed by atoms with Crippen molar-refractivity contribution in [3.05, 3.63) is 23.1 Å². The van der Waals surface area contributed by atoms with Gasteiger partial charge >= 0.3 is 0 Å². The third-order valence-electron chi connectivity index (χ3n) is 2.66. The summed E-state index contributed by atoms with van der Waals surface area (Å²) >= 11 is 3.42. The highest BCUT2D eigenvalue weighted by Crippen LogP contribution is 2.23. The molecule has 1 saturated heterocycles. The van der Waals surface area contributed by atoms with E-state index in [1.807, 2.05) is 12.3 Å². The number of nitrogens with zero attached hydrogens (tertiary/aromatic N) is 4. The average Bonchev–Trinajstić information content (AvgIpc) is 2.77. The number of morpholine rings is 1. The van der Waals surface area contributed by atoms with Crippen molar-refractivity contribution in [2.45, 2.75) is 0 Å². The molecule has 1 aliphatic rings. The summed E-state index contributed by atoms with van der Waals surface area (Å²) in [4.78, 5) is 6.61. The Hall–Kier alpha value is -1.14. The Morgan fingerprint density at radius 2 is 2.12 bits per heavy atom. The minimum atomic E-state index is 0.771. The van der Waals surface area contributed by atoms with Crippen molar-refractivity contribution >= 4 is 27.3 Å². The van der Waals surface area contributed by atoms with Crippen molar-refractivity contribution in [1.82, 2.24) is 14.6 Å². The molecule has 6 heteroatoms. The van der Waals surface area contributed by atoms with Crippen LogP contribution in [0.5, 0.6) is 0 Å². The molecule has 0 saturated carbocycles. The van der Waals surface area contributed by atoms with E-state index >= 15 is 0 Å². The second-order valence-corrected chi connectivity index (χ2v) is 4.46. The molecule has 16 heavy (non-hydrogen) atoms. The van der Waals surface area contributed by atoms with Gasteiger partial charge in [0.25, 0.3) is 0 Å². The smallest absolute Gasteiger partial charge is 0.177 e. The van der Waals surface area contributed by atoms with E-state index in [2.05, 4.69) is 30.9 Å². The molecule has 1 aliphatic heterocycles. The summed E-state index contributed by atoms with van der Waals surface area (Å²) in [5.41, 5.74) is 2.00. The number of ether oxygens (including phenoxy) is 1. The maximum atomic E-state index is 5.35. The maximum absolute atomic E-state index is 5.35. The lowest BCUT2D eigenvalue weighted by atomic mass is 10.3. The van der Waals surface area contributed by atoms with Gasteiger partial charge in [-0.15, -0.1) is 0 Å². The Balaban J connectivity index is 2.09. The van der Waals surface area contributed by atoms with Crippen molar-refractivity contribution in [1.29, 1.82) is 0 Å². The molecule has 0 N–H and O–H groups in total. The standard InChI is InChI=1S/C10H11BrN4O/c11-9-7-8(14-3-5-16-6-4-14)10-12-1-2-15(10)13-9/h1-2,7H,3-6H2. The van der Waals surface area contributed by atoms with E-state index in [-0.39, 0.29) is 0 Å². The zero-order valence-electron chi connectivity index (χ0n) is 8.64. The highest BCUT2D eigenvalue weighted by atomic mass is 79.9.